The summed E-state index contributed by atoms with van der Waals surface area (Å²) in [4.78, 5) is 0. The van der Waals surface area contributed by atoms with Gasteiger partial charge in [-0.3, -0.25) is 0 Å². The van der Waals surface area contributed by atoms with E-state index >= 15 is 0 Å². The van der Waals surface area contributed by atoms with Crippen LogP contribution in [-0.4, -0.2) is 26.4 Å². The van der Waals surface area contributed by atoms with Crippen LogP contribution in [-0.2, 0) is 4.74 Å². The van der Waals surface area contributed by atoms with Crippen molar-refractivity contribution in [1.29, 1.82) is 0 Å². The van der Waals surface area contributed by atoms with Crippen LogP contribution >= 0.6 is 0 Å². The first kappa shape index (κ1) is 17.0. The summed E-state index contributed by atoms with van der Waals surface area (Å²) >= 11 is 0. The van der Waals surface area contributed by atoms with Gasteiger partial charge >= 0.3 is 0 Å². The minimum Gasteiger partial charge on any atom is -0.491 e. The molecule has 1 aromatic rings. The van der Waals surface area contributed by atoms with E-state index in [9.17, 15) is 0 Å². The molecule has 0 heterocycles. The summed E-state index contributed by atoms with van der Waals surface area (Å²) < 4.78 is 11.1. The second kappa shape index (κ2) is 10.7. The number of rotatable bonds is 11. The highest BCUT2D eigenvalue weighted by atomic mass is 16.5. The fourth-order valence-corrected chi connectivity index (χ4v) is 1.90. The topological polar surface area (TPSA) is 30.5 Å². The first-order valence-electron chi connectivity index (χ1n) is 7.81. The van der Waals surface area contributed by atoms with Crippen LogP contribution in [0.15, 0.2) is 24.3 Å². The van der Waals surface area contributed by atoms with E-state index in [1.165, 1.54) is 12.0 Å². The zero-order valence-electron chi connectivity index (χ0n) is 13.2. The van der Waals surface area contributed by atoms with Crippen LogP contribution < -0.4 is 10.1 Å². The van der Waals surface area contributed by atoms with Crippen molar-refractivity contribution >= 4 is 0 Å². The Morgan fingerprint density at radius 3 is 2.40 bits per heavy atom. The van der Waals surface area contributed by atoms with Crippen molar-refractivity contribution in [3.8, 4) is 5.75 Å². The Balaban J connectivity index is 2.24. The van der Waals surface area contributed by atoms with Gasteiger partial charge in [0.2, 0.25) is 0 Å². The molecule has 0 spiro atoms. The second-order valence-electron chi connectivity index (χ2n) is 5.06. The van der Waals surface area contributed by atoms with Crippen LogP contribution in [0.1, 0.15) is 51.6 Å². The molecule has 1 N–H and O–H groups in total. The summed E-state index contributed by atoms with van der Waals surface area (Å²) in [5.74, 6) is 0.913. The fraction of sp³-hybridized carbons (Fsp3) is 0.647. The van der Waals surface area contributed by atoms with Crippen LogP contribution in [0.5, 0.6) is 5.75 Å². The summed E-state index contributed by atoms with van der Waals surface area (Å²) in [6, 6.07) is 8.71. The van der Waals surface area contributed by atoms with Crippen LogP contribution in [0.4, 0.5) is 0 Å². The number of nitrogens with one attached hydrogen (secondary N) is 1. The molecule has 0 saturated carbocycles. The van der Waals surface area contributed by atoms with Gasteiger partial charge in [-0.2, -0.15) is 0 Å². The highest BCUT2D eigenvalue weighted by Crippen LogP contribution is 2.17. The largest absolute Gasteiger partial charge is 0.491 e. The maximum Gasteiger partial charge on any atom is 0.119 e. The lowest BCUT2D eigenvalue weighted by molar-refractivity contribution is 0.0980. The molecule has 1 rings (SSSR count). The predicted molar refractivity (Wildman–Crippen MR) is 84.4 cm³/mol. The maximum absolute atomic E-state index is 5.66. The average molecular weight is 279 g/mol. The van der Waals surface area contributed by atoms with E-state index in [0.29, 0.717) is 19.3 Å². The Hall–Kier alpha value is -1.06. The van der Waals surface area contributed by atoms with Gasteiger partial charge in [0.1, 0.15) is 12.4 Å². The molecule has 0 amide bonds. The van der Waals surface area contributed by atoms with Gasteiger partial charge in [-0.25, -0.2) is 0 Å². The number of benzene rings is 1. The van der Waals surface area contributed by atoms with Crippen LogP contribution in [0.3, 0.4) is 0 Å². The monoisotopic (exact) mass is 279 g/mol. The molecule has 0 aromatic heterocycles. The number of ether oxygens (including phenoxy) is 2. The molecule has 0 radical (unpaired) electrons. The Bertz CT molecular complexity index is 337. The lowest BCUT2D eigenvalue weighted by Crippen LogP contribution is -2.19. The summed E-state index contributed by atoms with van der Waals surface area (Å²) in [6.07, 6.45) is 3.45. The van der Waals surface area contributed by atoms with E-state index in [1.54, 1.807) is 0 Å². The van der Waals surface area contributed by atoms with Gasteiger partial charge in [0.05, 0.1) is 6.61 Å². The van der Waals surface area contributed by atoms with E-state index in [1.807, 2.05) is 12.1 Å². The third kappa shape index (κ3) is 6.92. The Morgan fingerprint density at radius 2 is 1.75 bits per heavy atom. The Labute approximate surface area is 123 Å². The highest BCUT2D eigenvalue weighted by Gasteiger charge is 2.03. The van der Waals surface area contributed by atoms with Gasteiger partial charge in [0, 0.05) is 12.6 Å². The van der Waals surface area contributed by atoms with Crippen molar-refractivity contribution in [1.82, 2.24) is 5.32 Å². The molecule has 3 nitrogen and oxygen atoms in total. The van der Waals surface area contributed by atoms with Crippen molar-refractivity contribution < 1.29 is 9.47 Å². The molecular formula is C17H29NO2. The van der Waals surface area contributed by atoms with Crippen molar-refractivity contribution in [3.05, 3.63) is 29.8 Å². The highest BCUT2D eigenvalue weighted by molar-refractivity contribution is 5.28. The van der Waals surface area contributed by atoms with Gasteiger partial charge in [0.25, 0.3) is 0 Å². The molecule has 1 aromatic carbocycles. The molecule has 20 heavy (non-hydrogen) atoms. The van der Waals surface area contributed by atoms with Gasteiger partial charge in [-0.1, -0.05) is 32.4 Å². The minimum absolute atomic E-state index is 0.390. The third-order valence-electron chi connectivity index (χ3n) is 3.22. The average Bonchev–Trinajstić information content (AvgIpc) is 2.49. The first-order chi connectivity index (χ1) is 9.77. The van der Waals surface area contributed by atoms with E-state index in [4.69, 9.17) is 9.47 Å². The minimum atomic E-state index is 0.390. The number of hydrogen-bond acceptors (Lipinski definition) is 3. The molecule has 1 atom stereocenters. The fourth-order valence-electron chi connectivity index (χ4n) is 1.90. The predicted octanol–water partition coefficient (Wildman–Crippen LogP) is 3.94. The van der Waals surface area contributed by atoms with Crippen molar-refractivity contribution in [2.45, 2.75) is 46.1 Å². The molecule has 114 valence electrons. The van der Waals surface area contributed by atoms with Crippen molar-refractivity contribution in [2.75, 3.05) is 26.4 Å². The lowest BCUT2D eigenvalue weighted by Gasteiger charge is -2.14. The molecule has 3 heteroatoms. The summed E-state index contributed by atoms with van der Waals surface area (Å²) in [7, 11) is 0. The molecule has 0 saturated heterocycles. The molecule has 0 aliphatic rings. The zero-order chi connectivity index (χ0) is 14.6. The molecule has 1 unspecified atom stereocenters. The number of unbranched alkanes of at least 4 members (excludes halogenated alkanes) is 1. The van der Waals surface area contributed by atoms with Gasteiger partial charge in [-0.15, -0.1) is 0 Å². The summed E-state index contributed by atoms with van der Waals surface area (Å²) in [5.41, 5.74) is 1.30. The van der Waals surface area contributed by atoms with Crippen LogP contribution in [0.25, 0.3) is 0 Å². The third-order valence-corrected chi connectivity index (χ3v) is 3.22. The smallest absolute Gasteiger partial charge is 0.119 e. The molecule has 0 bridgehead atoms. The molecule has 0 aliphatic heterocycles. The SMILES string of the molecule is CCCCOCCOc1ccc(C(C)NCCC)cc1. The van der Waals surface area contributed by atoms with Crippen LogP contribution in [0.2, 0.25) is 0 Å². The molecule has 0 aliphatic carbocycles. The van der Waals surface area contributed by atoms with Crippen molar-refractivity contribution in [2.24, 2.45) is 0 Å². The van der Waals surface area contributed by atoms with Crippen molar-refractivity contribution in [3.63, 3.8) is 0 Å². The summed E-state index contributed by atoms with van der Waals surface area (Å²) in [6.45, 7) is 9.70. The van der Waals surface area contributed by atoms with Gasteiger partial charge in [-0.05, 0) is 44.0 Å². The van der Waals surface area contributed by atoms with Gasteiger partial charge < -0.3 is 14.8 Å². The quantitative estimate of drug-likeness (QED) is 0.622. The summed E-state index contributed by atoms with van der Waals surface area (Å²) in [5, 5.41) is 3.48. The normalized spacial score (nSPS) is 12.3. The Kier molecular flexibility index (Phi) is 9.09. The van der Waals surface area contributed by atoms with E-state index in [-0.39, 0.29) is 0 Å². The molecule has 0 fully saturated rings. The maximum atomic E-state index is 5.66. The van der Waals surface area contributed by atoms with E-state index in [2.05, 4.69) is 38.2 Å². The lowest BCUT2D eigenvalue weighted by atomic mass is 10.1. The van der Waals surface area contributed by atoms with Crippen LogP contribution in [0, 0.1) is 0 Å². The van der Waals surface area contributed by atoms with E-state index < -0.39 is 0 Å². The van der Waals surface area contributed by atoms with Gasteiger partial charge in [0.15, 0.2) is 0 Å². The zero-order valence-corrected chi connectivity index (χ0v) is 13.2. The number of hydrogen-bond donors (Lipinski definition) is 1. The standard InChI is InChI=1S/C17H29NO2/c1-4-6-12-19-13-14-20-17-9-7-16(8-10-17)15(3)18-11-5-2/h7-10,15,18H,4-6,11-14H2,1-3H3. The molecular weight excluding hydrogens is 250 g/mol. The van der Waals surface area contributed by atoms with E-state index in [0.717, 1.165) is 31.7 Å². The second-order valence-corrected chi connectivity index (χ2v) is 5.06. The Morgan fingerprint density at radius 1 is 1.00 bits per heavy atom. The first-order valence-corrected chi connectivity index (χ1v) is 7.81.